The Balaban J connectivity index is 1.78. The number of aromatic nitrogens is 2. The number of carbonyl (C=O) groups excluding carboxylic acids is 1. The number of anilines is 1. The van der Waals surface area contributed by atoms with Crippen molar-refractivity contribution in [2.24, 2.45) is 0 Å². The lowest BCUT2D eigenvalue weighted by Crippen LogP contribution is -2.13. The van der Waals surface area contributed by atoms with Gasteiger partial charge in [0, 0.05) is 29.4 Å². The molecule has 0 spiro atoms. The summed E-state index contributed by atoms with van der Waals surface area (Å²) in [5.41, 5.74) is -0.492. The smallest absolute Gasteiger partial charge is 0.277 e. The summed E-state index contributed by atoms with van der Waals surface area (Å²) in [6.45, 7) is 0.373. The van der Waals surface area contributed by atoms with Crippen molar-refractivity contribution in [1.82, 2.24) is 9.78 Å². The second-order valence-corrected chi connectivity index (χ2v) is 6.10. The molecular weight excluding hydrogens is 390 g/mol. The summed E-state index contributed by atoms with van der Waals surface area (Å²) >= 11 is 6.11. The van der Waals surface area contributed by atoms with Crippen LogP contribution < -0.4 is 5.32 Å². The molecule has 2 aromatic carbocycles. The van der Waals surface area contributed by atoms with Gasteiger partial charge in [0.05, 0.1) is 28.0 Å². The van der Waals surface area contributed by atoms with Gasteiger partial charge < -0.3 is 5.32 Å². The van der Waals surface area contributed by atoms with Crippen LogP contribution in [0.1, 0.15) is 15.9 Å². The number of amides is 1. The number of rotatable bonds is 6. The Morgan fingerprint density at radius 1 is 1.07 bits per heavy atom. The number of hydrogen-bond donors (Lipinski definition) is 1. The van der Waals surface area contributed by atoms with E-state index < -0.39 is 27.1 Å². The molecule has 1 N–H and O–H groups in total. The van der Waals surface area contributed by atoms with Crippen LogP contribution in [0.2, 0.25) is 5.02 Å². The summed E-state index contributed by atoms with van der Waals surface area (Å²) in [5, 5.41) is 29.1. The molecule has 0 radical (unpaired) electrons. The molecular formula is C17H12ClN5O5. The lowest BCUT2D eigenvalue weighted by Gasteiger charge is -2.05. The zero-order chi connectivity index (χ0) is 20.3. The molecule has 0 atom stereocenters. The van der Waals surface area contributed by atoms with Gasteiger partial charge in [-0.2, -0.15) is 5.10 Å². The van der Waals surface area contributed by atoms with Crippen LogP contribution in [0.15, 0.2) is 54.7 Å². The van der Waals surface area contributed by atoms with Crippen molar-refractivity contribution in [3.63, 3.8) is 0 Å². The van der Waals surface area contributed by atoms with Crippen molar-refractivity contribution >= 4 is 34.7 Å². The van der Waals surface area contributed by atoms with E-state index in [1.165, 1.54) is 6.07 Å². The minimum atomic E-state index is -0.803. The molecule has 10 nitrogen and oxygen atoms in total. The second kappa shape index (κ2) is 7.84. The third-order valence-electron chi connectivity index (χ3n) is 3.76. The molecule has 0 fully saturated rings. The summed E-state index contributed by atoms with van der Waals surface area (Å²) in [6.07, 6.45) is 1.62. The molecule has 11 heteroatoms. The predicted molar refractivity (Wildman–Crippen MR) is 100 cm³/mol. The average molecular weight is 402 g/mol. The molecule has 0 bridgehead atoms. The van der Waals surface area contributed by atoms with E-state index in [9.17, 15) is 25.0 Å². The van der Waals surface area contributed by atoms with Gasteiger partial charge in [-0.3, -0.25) is 29.7 Å². The molecule has 28 heavy (non-hydrogen) atoms. The topological polar surface area (TPSA) is 133 Å². The van der Waals surface area contributed by atoms with Crippen molar-refractivity contribution in [3.8, 4) is 0 Å². The van der Waals surface area contributed by atoms with Gasteiger partial charge in [-0.25, -0.2) is 0 Å². The summed E-state index contributed by atoms with van der Waals surface area (Å²) in [7, 11) is 0. The first kappa shape index (κ1) is 19.0. The largest absolute Gasteiger partial charge is 0.305 e. The van der Waals surface area contributed by atoms with E-state index in [1.807, 2.05) is 12.1 Å². The normalized spacial score (nSPS) is 10.5. The first-order valence-electron chi connectivity index (χ1n) is 7.85. The van der Waals surface area contributed by atoms with Gasteiger partial charge in [-0.05, 0) is 11.6 Å². The summed E-state index contributed by atoms with van der Waals surface area (Å²) < 4.78 is 1.55. The van der Waals surface area contributed by atoms with Gasteiger partial charge >= 0.3 is 0 Å². The highest BCUT2D eigenvalue weighted by molar-refractivity contribution is 6.31. The summed E-state index contributed by atoms with van der Waals surface area (Å²) in [4.78, 5) is 32.6. The standard InChI is InChI=1S/C17H12ClN5O5/c18-15-4-2-1-3-11(15)10-21-6-5-16(20-21)19-17(24)12-7-13(22(25)26)9-14(8-12)23(27)28/h1-9H,10H2,(H,19,20,24). The lowest BCUT2D eigenvalue weighted by atomic mass is 10.1. The number of halogens is 1. The Kier molecular flexibility index (Phi) is 5.32. The van der Waals surface area contributed by atoms with Crippen molar-refractivity contribution in [1.29, 1.82) is 0 Å². The molecule has 3 aromatic rings. The third-order valence-corrected chi connectivity index (χ3v) is 4.13. The molecule has 1 amide bonds. The molecule has 0 aliphatic heterocycles. The SMILES string of the molecule is O=C(Nc1ccn(Cc2ccccc2Cl)n1)c1cc([N+](=O)[O-])cc([N+](=O)[O-])c1. The number of nitro benzene ring substituents is 2. The maximum atomic E-state index is 12.4. The maximum absolute atomic E-state index is 12.4. The van der Waals surface area contributed by atoms with Crippen molar-refractivity contribution in [2.75, 3.05) is 5.32 Å². The first-order chi connectivity index (χ1) is 13.3. The molecule has 0 saturated carbocycles. The van der Waals surface area contributed by atoms with Crippen LogP contribution in [-0.4, -0.2) is 25.5 Å². The number of non-ortho nitro benzene ring substituents is 2. The fraction of sp³-hybridized carbons (Fsp3) is 0.0588. The van der Waals surface area contributed by atoms with Crippen LogP contribution in [0.3, 0.4) is 0 Å². The van der Waals surface area contributed by atoms with Crippen LogP contribution in [-0.2, 0) is 6.54 Å². The number of benzene rings is 2. The van der Waals surface area contributed by atoms with E-state index >= 15 is 0 Å². The minimum absolute atomic E-state index is 0.186. The molecule has 142 valence electrons. The number of nitrogens with one attached hydrogen (secondary N) is 1. The summed E-state index contributed by atoms with van der Waals surface area (Å²) in [5.74, 6) is -0.569. The van der Waals surface area contributed by atoms with Gasteiger partial charge in [-0.15, -0.1) is 0 Å². The van der Waals surface area contributed by atoms with Crippen LogP contribution in [0.25, 0.3) is 0 Å². The zero-order valence-electron chi connectivity index (χ0n) is 14.1. The van der Waals surface area contributed by atoms with Crippen LogP contribution in [0, 0.1) is 20.2 Å². The molecule has 0 unspecified atom stereocenters. The van der Waals surface area contributed by atoms with E-state index in [0.717, 1.165) is 23.8 Å². The summed E-state index contributed by atoms with van der Waals surface area (Å²) in [6, 6.07) is 11.5. The van der Waals surface area contributed by atoms with Crippen LogP contribution >= 0.6 is 11.6 Å². The van der Waals surface area contributed by atoms with Gasteiger partial charge in [-0.1, -0.05) is 29.8 Å². The van der Waals surface area contributed by atoms with Gasteiger partial charge in [0.25, 0.3) is 17.3 Å². The fourth-order valence-corrected chi connectivity index (χ4v) is 2.64. The number of nitrogens with zero attached hydrogens (tertiary/aromatic N) is 4. The Morgan fingerprint density at radius 2 is 1.71 bits per heavy atom. The van der Waals surface area contributed by atoms with Crippen LogP contribution in [0.4, 0.5) is 17.2 Å². The Labute approximate surface area is 162 Å². The molecule has 0 aliphatic rings. The third kappa shape index (κ3) is 4.30. The highest BCUT2D eigenvalue weighted by Crippen LogP contribution is 2.23. The molecule has 1 heterocycles. The Morgan fingerprint density at radius 3 is 2.32 bits per heavy atom. The molecule has 0 saturated heterocycles. The minimum Gasteiger partial charge on any atom is -0.305 e. The average Bonchev–Trinajstić information content (AvgIpc) is 3.10. The molecule has 0 aliphatic carbocycles. The number of carbonyl (C=O) groups is 1. The maximum Gasteiger partial charge on any atom is 0.277 e. The highest BCUT2D eigenvalue weighted by atomic mass is 35.5. The monoisotopic (exact) mass is 401 g/mol. The number of hydrogen-bond acceptors (Lipinski definition) is 6. The lowest BCUT2D eigenvalue weighted by molar-refractivity contribution is -0.394. The van der Waals surface area contributed by atoms with Crippen LogP contribution in [0.5, 0.6) is 0 Å². The Hall–Kier alpha value is -3.79. The fourth-order valence-electron chi connectivity index (χ4n) is 2.44. The number of nitro groups is 2. The van der Waals surface area contributed by atoms with E-state index in [-0.39, 0.29) is 11.4 Å². The van der Waals surface area contributed by atoms with Crippen molar-refractivity contribution in [3.05, 3.63) is 91.1 Å². The molecule has 1 aromatic heterocycles. The highest BCUT2D eigenvalue weighted by Gasteiger charge is 2.20. The van der Waals surface area contributed by atoms with Gasteiger partial charge in [0.1, 0.15) is 0 Å². The van der Waals surface area contributed by atoms with Crippen molar-refractivity contribution < 1.29 is 14.6 Å². The quantitative estimate of drug-likeness (QED) is 0.495. The van der Waals surface area contributed by atoms with E-state index in [2.05, 4.69) is 10.4 Å². The van der Waals surface area contributed by atoms with Gasteiger partial charge in [0.15, 0.2) is 5.82 Å². The first-order valence-corrected chi connectivity index (χ1v) is 8.23. The Bertz CT molecular complexity index is 1050. The predicted octanol–water partition coefficient (Wildman–Crippen LogP) is 3.65. The van der Waals surface area contributed by atoms with Gasteiger partial charge in [0.2, 0.25) is 0 Å². The van der Waals surface area contributed by atoms with Crippen molar-refractivity contribution in [2.45, 2.75) is 6.54 Å². The zero-order valence-corrected chi connectivity index (χ0v) is 14.9. The van der Waals surface area contributed by atoms with E-state index in [0.29, 0.717) is 11.6 Å². The van der Waals surface area contributed by atoms with E-state index in [4.69, 9.17) is 11.6 Å². The molecule has 3 rings (SSSR count). The second-order valence-electron chi connectivity index (χ2n) is 5.70. The van der Waals surface area contributed by atoms with E-state index in [1.54, 1.807) is 23.0 Å².